The molecule has 10 heteroatoms. The van der Waals surface area contributed by atoms with E-state index in [-0.39, 0.29) is 34.1 Å². The van der Waals surface area contributed by atoms with E-state index in [4.69, 9.17) is 39.5 Å². The highest BCUT2D eigenvalue weighted by Gasteiger charge is 2.19. The number of pyridine rings is 1. The van der Waals surface area contributed by atoms with Gasteiger partial charge < -0.3 is 10.1 Å². The molecule has 0 aliphatic rings. The molecule has 0 saturated heterocycles. The van der Waals surface area contributed by atoms with E-state index < -0.39 is 18.2 Å². The van der Waals surface area contributed by atoms with Crippen molar-refractivity contribution < 1.29 is 13.5 Å². The molecule has 0 bridgehead atoms. The van der Waals surface area contributed by atoms with E-state index in [0.29, 0.717) is 5.02 Å². The van der Waals surface area contributed by atoms with Crippen LogP contribution < -0.4 is 10.1 Å². The quantitative estimate of drug-likeness (QED) is 0.747. The summed E-state index contributed by atoms with van der Waals surface area (Å²) in [5, 5.41) is 3.30. The number of aromatic nitrogens is 3. The highest BCUT2D eigenvalue weighted by molar-refractivity contribution is 6.35. The molecule has 2 aromatic rings. The summed E-state index contributed by atoms with van der Waals surface area (Å²) >= 11 is 17.6. The smallest absolute Gasteiger partial charge is 0.282 e. The lowest BCUT2D eigenvalue weighted by atomic mass is 10.3. The first-order valence-electron chi connectivity index (χ1n) is 6.81. The standard InChI is InChI=1S/C14H13Cl3F2N4O/c1-6(24-14-9(16)3-8(15)5-21-14)4-20-13-10(17)11(12(18)19)22-7(2)23-13/h3,5-6,12H,4H2,1-2H3,(H,20,22,23)/t6-/m1/s1. The van der Waals surface area contributed by atoms with Crippen molar-refractivity contribution in [3.63, 3.8) is 0 Å². The third-order valence-electron chi connectivity index (χ3n) is 2.84. The molecular weight excluding hydrogens is 385 g/mol. The maximum absolute atomic E-state index is 12.9. The third-order valence-corrected chi connectivity index (χ3v) is 3.69. The van der Waals surface area contributed by atoms with Crippen LogP contribution in [-0.2, 0) is 0 Å². The van der Waals surface area contributed by atoms with E-state index in [1.807, 2.05) is 0 Å². The summed E-state index contributed by atoms with van der Waals surface area (Å²) < 4.78 is 31.4. The van der Waals surface area contributed by atoms with Crippen molar-refractivity contribution in [2.75, 3.05) is 11.9 Å². The fraction of sp³-hybridized carbons (Fsp3) is 0.357. The lowest BCUT2D eigenvalue weighted by Crippen LogP contribution is -2.24. The molecule has 5 nitrogen and oxygen atoms in total. The van der Waals surface area contributed by atoms with Gasteiger partial charge in [0.25, 0.3) is 6.43 Å². The highest BCUT2D eigenvalue weighted by atomic mass is 35.5. The van der Waals surface area contributed by atoms with Crippen molar-refractivity contribution >= 4 is 40.6 Å². The summed E-state index contributed by atoms with van der Waals surface area (Å²) in [5.74, 6) is 0.520. The molecule has 0 aliphatic carbocycles. The molecule has 130 valence electrons. The summed E-state index contributed by atoms with van der Waals surface area (Å²) in [5.41, 5.74) is -0.511. The zero-order valence-electron chi connectivity index (χ0n) is 12.7. The molecule has 0 fully saturated rings. The van der Waals surface area contributed by atoms with Crippen molar-refractivity contribution in [3.05, 3.63) is 38.8 Å². The summed E-state index contributed by atoms with van der Waals surface area (Å²) in [6, 6.07) is 1.51. The fourth-order valence-corrected chi connectivity index (χ4v) is 2.46. The summed E-state index contributed by atoms with van der Waals surface area (Å²) in [4.78, 5) is 11.6. The number of aryl methyl sites for hydroxylation is 1. The Morgan fingerprint density at radius 2 is 1.96 bits per heavy atom. The number of anilines is 1. The van der Waals surface area contributed by atoms with Gasteiger partial charge in [0.2, 0.25) is 5.88 Å². The second kappa shape index (κ2) is 8.09. The van der Waals surface area contributed by atoms with Crippen LogP contribution in [0.4, 0.5) is 14.6 Å². The normalized spacial score (nSPS) is 12.3. The van der Waals surface area contributed by atoms with E-state index in [9.17, 15) is 8.78 Å². The molecule has 2 rings (SSSR count). The Morgan fingerprint density at radius 3 is 2.58 bits per heavy atom. The molecule has 0 aromatic carbocycles. The predicted octanol–water partition coefficient (Wildman–Crippen LogP) is 4.96. The Kier molecular flexibility index (Phi) is 6.37. The van der Waals surface area contributed by atoms with Crippen LogP contribution in [0.15, 0.2) is 12.3 Å². The molecule has 0 radical (unpaired) electrons. The van der Waals surface area contributed by atoms with Crippen molar-refractivity contribution in [1.82, 2.24) is 15.0 Å². The number of halogens is 5. The monoisotopic (exact) mass is 396 g/mol. The molecule has 2 heterocycles. The molecule has 2 aromatic heterocycles. The Labute approximate surface area is 152 Å². The second-order valence-electron chi connectivity index (χ2n) is 4.87. The summed E-state index contributed by atoms with van der Waals surface area (Å²) in [6.45, 7) is 3.49. The molecule has 1 atom stereocenters. The first-order chi connectivity index (χ1) is 11.3. The first kappa shape index (κ1) is 18.9. The van der Waals surface area contributed by atoms with Gasteiger partial charge in [0, 0.05) is 6.20 Å². The zero-order chi connectivity index (χ0) is 17.9. The zero-order valence-corrected chi connectivity index (χ0v) is 14.9. The molecule has 0 aliphatic heterocycles. The Bertz CT molecular complexity index is 733. The number of nitrogens with zero attached hydrogens (tertiary/aromatic N) is 3. The molecule has 0 unspecified atom stereocenters. The average Bonchev–Trinajstić information content (AvgIpc) is 2.50. The number of ether oxygens (including phenoxy) is 1. The van der Waals surface area contributed by atoms with Gasteiger partial charge >= 0.3 is 0 Å². The van der Waals surface area contributed by atoms with Crippen LogP contribution in [0.25, 0.3) is 0 Å². The van der Waals surface area contributed by atoms with Crippen LogP contribution >= 0.6 is 34.8 Å². The number of nitrogens with one attached hydrogen (secondary N) is 1. The minimum atomic E-state index is -2.79. The van der Waals surface area contributed by atoms with Crippen LogP contribution in [0, 0.1) is 6.92 Å². The topological polar surface area (TPSA) is 59.9 Å². The molecular formula is C14H13Cl3F2N4O. The maximum Gasteiger partial charge on any atom is 0.282 e. The van der Waals surface area contributed by atoms with E-state index in [2.05, 4.69) is 20.3 Å². The van der Waals surface area contributed by atoms with E-state index in [0.717, 1.165) is 0 Å². The lowest BCUT2D eigenvalue weighted by Gasteiger charge is -2.17. The van der Waals surface area contributed by atoms with Crippen LogP contribution in [0.5, 0.6) is 5.88 Å². The van der Waals surface area contributed by atoms with Gasteiger partial charge in [-0.05, 0) is 19.9 Å². The number of hydrogen-bond donors (Lipinski definition) is 1. The van der Waals surface area contributed by atoms with E-state index in [1.165, 1.54) is 19.2 Å². The van der Waals surface area contributed by atoms with Crippen LogP contribution in [0.1, 0.15) is 24.9 Å². The van der Waals surface area contributed by atoms with Crippen LogP contribution in [-0.4, -0.2) is 27.6 Å². The van der Waals surface area contributed by atoms with Gasteiger partial charge in [0.05, 0.1) is 11.6 Å². The largest absolute Gasteiger partial charge is 0.472 e. The number of alkyl halides is 2. The Balaban J connectivity index is 2.05. The second-order valence-corrected chi connectivity index (χ2v) is 6.09. The van der Waals surface area contributed by atoms with Crippen molar-refractivity contribution in [2.45, 2.75) is 26.4 Å². The average molecular weight is 398 g/mol. The third kappa shape index (κ3) is 4.78. The predicted molar refractivity (Wildman–Crippen MR) is 89.6 cm³/mol. The SMILES string of the molecule is Cc1nc(NC[C@@H](C)Oc2ncc(Cl)cc2Cl)c(Cl)c(C(F)F)n1. The Hall–Kier alpha value is -1.44. The molecule has 0 spiro atoms. The number of rotatable bonds is 6. The maximum atomic E-state index is 12.9. The van der Waals surface area contributed by atoms with Crippen LogP contribution in [0.2, 0.25) is 15.1 Å². The molecule has 0 amide bonds. The summed E-state index contributed by atoms with van der Waals surface area (Å²) in [7, 11) is 0. The van der Waals surface area contributed by atoms with Gasteiger partial charge in [-0.2, -0.15) is 0 Å². The van der Waals surface area contributed by atoms with Crippen molar-refractivity contribution in [3.8, 4) is 5.88 Å². The van der Waals surface area contributed by atoms with Gasteiger partial charge in [0.1, 0.15) is 33.5 Å². The Morgan fingerprint density at radius 1 is 1.25 bits per heavy atom. The lowest BCUT2D eigenvalue weighted by molar-refractivity contribution is 0.146. The minimum absolute atomic E-state index is 0.116. The molecule has 1 N–H and O–H groups in total. The van der Waals surface area contributed by atoms with Gasteiger partial charge in [-0.1, -0.05) is 34.8 Å². The van der Waals surface area contributed by atoms with Gasteiger partial charge in [0.15, 0.2) is 0 Å². The summed E-state index contributed by atoms with van der Waals surface area (Å²) in [6.07, 6.45) is -1.77. The van der Waals surface area contributed by atoms with E-state index in [1.54, 1.807) is 6.92 Å². The van der Waals surface area contributed by atoms with Crippen molar-refractivity contribution in [1.29, 1.82) is 0 Å². The molecule has 24 heavy (non-hydrogen) atoms. The number of hydrogen-bond acceptors (Lipinski definition) is 5. The van der Waals surface area contributed by atoms with Gasteiger partial charge in [-0.15, -0.1) is 0 Å². The fourth-order valence-electron chi connectivity index (χ4n) is 1.80. The van der Waals surface area contributed by atoms with Gasteiger partial charge in [-0.25, -0.2) is 23.7 Å². The van der Waals surface area contributed by atoms with E-state index >= 15 is 0 Å². The van der Waals surface area contributed by atoms with Crippen molar-refractivity contribution in [2.24, 2.45) is 0 Å². The van der Waals surface area contributed by atoms with Crippen LogP contribution in [0.3, 0.4) is 0 Å². The minimum Gasteiger partial charge on any atom is -0.472 e. The highest BCUT2D eigenvalue weighted by Crippen LogP contribution is 2.30. The van der Waals surface area contributed by atoms with Gasteiger partial charge in [-0.3, -0.25) is 0 Å². The first-order valence-corrected chi connectivity index (χ1v) is 7.95. The molecule has 0 saturated carbocycles.